The predicted molar refractivity (Wildman–Crippen MR) is 92.8 cm³/mol. The third kappa shape index (κ3) is 3.85. The van der Waals surface area contributed by atoms with Crippen molar-refractivity contribution in [2.45, 2.75) is 11.3 Å². The number of H-pyrrole nitrogens is 1. The van der Waals surface area contributed by atoms with Gasteiger partial charge in [0, 0.05) is 44.6 Å². The first-order valence-electron chi connectivity index (χ1n) is 8.04. The topological polar surface area (TPSA) is 82.7 Å². The second kappa shape index (κ2) is 7.28. The predicted octanol–water partition coefficient (Wildman–Crippen LogP) is 1.10. The number of carbonyl (C=O) groups is 1. The molecule has 1 amide bonds. The van der Waals surface area contributed by atoms with Crippen molar-refractivity contribution in [3.8, 4) is 5.75 Å². The summed E-state index contributed by atoms with van der Waals surface area (Å²) in [6.07, 6.45) is 3.90. The number of rotatable bonds is 5. The van der Waals surface area contributed by atoms with E-state index in [0.29, 0.717) is 38.3 Å². The number of piperazine rings is 1. The molecule has 1 aliphatic heterocycles. The molecule has 0 bridgehead atoms. The van der Waals surface area contributed by atoms with E-state index >= 15 is 0 Å². The minimum Gasteiger partial charge on any atom is -0.497 e. The number of carbonyl (C=O) groups excluding carboxylic acids is 1. The van der Waals surface area contributed by atoms with Crippen LogP contribution in [0.15, 0.2) is 47.6 Å². The van der Waals surface area contributed by atoms with Crippen LogP contribution in [0.5, 0.6) is 5.75 Å². The smallest absolute Gasteiger partial charge is 0.243 e. The van der Waals surface area contributed by atoms with Crippen LogP contribution >= 0.6 is 0 Å². The summed E-state index contributed by atoms with van der Waals surface area (Å²) < 4.78 is 32.0. The summed E-state index contributed by atoms with van der Waals surface area (Å²) >= 11 is 0. The van der Waals surface area contributed by atoms with Crippen molar-refractivity contribution in [2.24, 2.45) is 0 Å². The number of aromatic amines is 1. The maximum Gasteiger partial charge on any atom is 0.243 e. The van der Waals surface area contributed by atoms with E-state index in [0.717, 1.165) is 5.56 Å². The van der Waals surface area contributed by atoms with Crippen molar-refractivity contribution in [3.63, 3.8) is 0 Å². The lowest BCUT2D eigenvalue weighted by Gasteiger charge is -2.34. The zero-order chi connectivity index (χ0) is 17.9. The van der Waals surface area contributed by atoms with Crippen LogP contribution in [0.4, 0.5) is 0 Å². The van der Waals surface area contributed by atoms with Gasteiger partial charge in [0.2, 0.25) is 15.9 Å². The van der Waals surface area contributed by atoms with Gasteiger partial charge in [-0.1, -0.05) is 6.07 Å². The van der Waals surface area contributed by atoms with Gasteiger partial charge in [-0.25, -0.2) is 8.42 Å². The molecular weight excluding hydrogens is 342 g/mol. The fourth-order valence-electron chi connectivity index (χ4n) is 2.84. The monoisotopic (exact) mass is 363 g/mol. The molecule has 1 N–H and O–H groups in total. The summed E-state index contributed by atoms with van der Waals surface area (Å²) in [4.78, 5) is 17.1. The highest BCUT2D eigenvalue weighted by molar-refractivity contribution is 7.89. The molecule has 0 radical (unpaired) electrons. The molecule has 25 heavy (non-hydrogen) atoms. The van der Waals surface area contributed by atoms with E-state index in [1.54, 1.807) is 35.5 Å². The number of ether oxygens (including phenoxy) is 1. The maximum absolute atomic E-state index is 12.8. The van der Waals surface area contributed by atoms with Crippen LogP contribution in [0, 0.1) is 0 Å². The molecule has 0 aliphatic carbocycles. The first-order chi connectivity index (χ1) is 12.0. The Morgan fingerprint density at radius 2 is 1.96 bits per heavy atom. The number of methoxy groups -OCH3 is 1. The molecule has 3 rings (SSSR count). The van der Waals surface area contributed by atoms with E-state index in [1.165, 1.54) is 17.5 Å². The van der Waals surface area contributed by atoms with Gasteiger partial charge in [-0.15, -0.1) is 0 Å². The molecule has 134 valence electrons. The molecule has 0 atom stereocenters. The summed E-state index contributed by atoms with van der Waals surface area (Å²) in [6.45, 7) is 1.37. The number of nitrogens with zero attached hydrogens (tertiary/aromatic N) is 2. The van der Waals surface area contributed by atoms with Crippen LogP contribution in [-0.4, -0.2) is 61.8 Å². The van der Waals surface area contributed by atoms with Gasteiger partial charge in [0.25, 0.3) is 0 Å². The molecule has 1 aromatic carbocycles. The molecule has 1 aromatic heterocycles. The van der Waals surface area contributed by atoms with Crippen LogP contribution in [-0.2, 0) is 21.2 Å². The molecule has 0 spiro atoms. The van der Waals surface area contributed by atoms with Gasteiger partial charge in [0.05, 0.1) is 18.4 Å². The number of hydrogen-bond acceptors (Lipinski definition) is 4. The maximum atomic E-state index is 12.8. The zero-order valence-corrected chi connectivity index (χ0v) is 14.8. The van der Waals surface area contributed by atoms with Gasteiger partial charge in [-0.05, 0) is 23.8 Å². The minimum atomic E-state index is -3.58. The highest BCUT2D eigenvalue weighted by Crippen LogP contribution is 2.22. The van der Waals surface area contributed by atoms with Crippen molar-refractivity contribution >= 4 is 15.9 Å². The Kier molecular flexibility index (Phi) is 5.10. The van der Waals surface area contributed by atoms with Gasteiger partial charge in [-0.3, -0.25) is 4.79 Å². The number of amides is 1. The van der Waals surface area contributed by atoms with Crippen molar-refractivity contribution in [1.29, 1.82) is 0 Å². The highest BCUT2D eigenvalue weighted by atomic mass is 32.2. The third-order valence-electron chi connectivity index (χ3n) is 4.29. The Morgan fingerprint density at radius 1 is 1.20 bits per heavy atom. The van der Waals surface area contributed by atoms with E-state index in [1.807, 2.05) is 6.07 Å². The first kappa shape index (κ1) is 17.5. The summed E-state index contributed by atoms with van der Waals surface area (Å²) in [6, 6.07) is 8.29. The van der Waals surface area contributed by atoms with Crippen LogP contribution in [0.1, 0.15) is 5.56 Å². The molecule has 0 unspecified atom stereocenters. The van der Waals surface area contributed by atoms with Crippen molar-refractivity contribution in [2.75, 3.05) is 33.3 Å². The molecule has 1 aliphatic rings. The van der Waals surface area contributed by atoms with Crippen LogP contribution in [0.3, 0.4) is 0 Å². The van der Waals surface area contributed by atoms with Gasteiger partial charge in [0.15, 0.2) is 0 Å². The SMILES string of the molecule is COc1cccc(S(=O)(=O)N2CCN(C(=O)Cc3cc[nH]c3)CC2)c1. The minimum absolute atomic E-state index is 0.0121. The van der Waals surface area contributed by atoms with Crippen LogP contribution < -0.4 is 4.74 Å². The average Bonchev–Trinajstić information content (AvgIpc) is 3.15. The quantitative estimate of drug-likeness (QED) is 0.862. The van der Waals surface area contributed by atoms with E-state index in [-0.39, 0.29) is 10.8 Å². The second-order valence-electron chi connectivity index (χ2n) is 5.86. The lowest BCUT2D eigenvalue weighted by atomic mass is 10.2. The van der Waals surface area contributed by atoms with Crippen molar-refractivity contribution in [1.82, 2.24) is 14.2 Å². The lowest BCUT2D eigenvalue weighted by Crippen LogP contribution is -2.50. The normalized spacial score (nSPS) is 16.0. The summed E-state index contributed by atoms with van der Waals surface area (Å²) in [5, 5.41) is 0. The first-order valence-corrected chi connectivity index (χ1v) is 9.48. The van der Waals surface area contributed by atoms with Gasteiger partial charge in [0.1, 0.15) is 5.75 Å². The molecule has 0 saturated carbocycles. The van der Waals surface area contributed by atoms with E-state index < -0.39 is 10.0 Å². The Bertz CT molecular complexity index is 825. The molecule has 7 nitrogen and oxygen atoms in total. The van der Waals surface area contributed by atoms with E-state index in [4.69, 9.17) is 4.74 Å². The summed E-state index contributed by atoms with van der Waals surface area (Å²) in [5.74, 6) is 0.513. The third-order valence-corrected chi connectivity index (χ3v) is 6.18. The number of benzene rings is 1. The largest absolute Gasteiger partial charge is 0.497 e. The Morgan fingerprint density at radius 3 is 2.60 bits per heavy atom. The number of nitrogens with one attached hydrogen (secondary N) is 1. The molecule has 1 fully saturated rings. The zero-order valence-electron chi connectivity index (χ0n) is 14.0. The number of aromatic nitrogens is 1. The molecule has 2 heterocycles. The molecular formula is C17H21N3O4S. The van der Waals surface area contributed by atoms with Crippen molar-refractivity contribution < 1.29 is 17.9 Å². The standard InChI is InChI=1S/C17H21N3O4S/c1-24-15-3-2-4-16(12-15)25(22,23)20-9-7-19(8-10-20)17(21)11-14-5-6-18-13-14/h2-6,12-13,18H,7-11H2,1H3. The fraction of sp³-hybridized carbons (Fsp3) is 0.353. The van der Waals surface area contributed by atoms with Gasteiger partial charge < -0.3 is 14.6 Å². The molecule has 2 aromatic rings. The van der Waals surface area contributed by atoms with E-state index in [2.05, 4.69) is 4.98 Å². The Labute approximate surface area is 147 Å². The second-order valence-corrected chi connectivity index (χ2v) is 7.80. The summed E-state index contributed by atoms with van der Waals surface area (Å²) in [7, 11) is -2.08. The average molecular weight is 363 g/mol. The van der Waals surface area contributed by atoms with Gasteiger partial charge in [-0.2, -0.15) is 4.31 Å². The van der Waals surface area contributed by atoms with Crippen LogP contribution in [0.2, 0.25) is 0 Å². The highest BCUT2D eigenvalue weighted by Gasteiger charge is 2.30. The van der Waals surface area contributed by atoms with Crippen molar-refractivity contribution in [3.05, 3.63) is 48.3 Å². The Balaban J connectivity index is 1.63. The molecule has 8 heteroatoms. The van der Waals surface area contributed by atoms with Crippen LogP contribution in [0.25, 0.3) is 0 Å². The fourth-order valence-corrected chi connectivity index (χ4v) is 4.30. The number of hydrogen-bond donors (Lipinski definition) is 1. The molecule has 1 saturated heterocycles. The Hall–Kier alpha value is -2.32. The van der Waals surface area contributed by atoms with E-state index in [9.17, 15) is 13.2 Å². The van der Waals surface area contributed by atoms with Gasteiger partial charge >= 0.3 is 0 Å². The number of sulfonamides is 1. The summed E-state index contributed by atoms with van der Waals surface area (Å²) in [5.41, 5.74) is 0.927. The lowest BCUT2D eigenvalue weighted by molar-refractivity contribution is -0.131.